The second kappa shape index (κ2) is 5.82. The van der Waals surface area contributed by atoms with Crippen LogP contribution in [0.15, 0.2) is 42.7 Å². The molecule has 0 atom stereocenters. The molecule has 21 heavy (non-hydrogen) atoms. The van der Waals surface area contributed by atoms with Crippen LogP contribution < -0.4 is 9.47 Å². The zero-order valence-electron chi connectivity index (χ0n) is 10.8. The summed E-state index contributed by atoms with van der Waals surface area (Å²) in [4.78, 5) is 16.0. The van der Waals surface area contributed by atoms with Gasteiger partial charge in [-0.3, -0.25) is 9.78 Å². The number of aromatic nitrogens is 1. The smallest absolute Gasteiger partial charge is 0.497 e. The molecular formula is C14H10F3NO3. The van der Waals surface area contributed by atoms with E-state index >= 15 is 0 Å². The number of nitrogens with zero attached hydrogens (tertiary/aromatic N) is 1. The number of hydrogen-bond donors (Lipinski definition) is 0. The topological polar surface area (TPSA) is 48.4 Å². The number of carbonyl (C=O) groups is 1. The Labute approximate surface area is 118 Å². The van der Waals surface area contributed by atoms with Crippen molar-refractivity contribution in [3.05, 3.63) is 53.9 Å². The van der Waals surface area contributed by atoms with Crippen molar-refractivity contribution in [1.29, 1.82) is 0 Å². The third kappa shape index (κ3) is 3.71. The molecule has 0 bridgehead atoms. The van der Waals surface area contributed by atoms with Gasteiger partial charge >= 0.3 is 6.36 Å². The van der Waals surface area contributed by atoms with Crippen LogP contribution in [0.4, 0.5) is 13.2 Å². The summed E-state index contributed by atoms with van der Waals surface area (Å²) >= 11 is 0. The van der Waals surface area contributed by atoms with Crippen LogP contribution in [0.25, 0.3) is 0 Å². The van der Waals surface area contributed by atoms with Crippen LogP contribution in [0, 0.1) is 0 Å². The van der Waals surface area contributed by atoms with E-state index in [2.05, 4.69) is 9.72 Å². The average Bonchev–Trinajstić information content (AvgIpc) is 2.45. The van der Waals surface area contributed by atoms with Crippen molar-refractivity contribution in [1.82, 2.24) is 4.98 Å². The predicted octanol–water partition coefficient (Wildman–Crippen LogP) is 3.22. The Balaban J connectivity index is 2.45. The molecule has 0 unspecified atom stereocenters. The molecule has 1 aromatic heterocycles. The standard InChI is InChI=1S/C14H10F3NO3/c1-20-10-2-3-11(12(8-10)21-14(15,16)17)13(19)9-4-6-18-7-5-9/h2-8H,1H3. The highest BCUT2D eigenvalue weighted by Gasteiger charge is 2.33. The van der Waals surface area contributed by atoms with E-state index in [-0.39, 0.29) is 16.9 Å². The van der Waals surface area contributed by atoms with Crippen LogP contribution in [-0.2, 0) is 0 Å². The molecule has 110 valence electrons. The van der Waals surface area contributed by atoms with Gasteiger partial charge in [0.2, 0.25) is 0 Å². The summed E-state index contributed by atoms with van der Waals surface area (Å²) in [5.74, 6) is -1.05. The molecule has 0 fully saturated rings. The molecule has 4 nitrogen and oxygen atoms in total. The van der Waals surface area contributed by atoms with E-state index < -0.39 is 17.9 Å². The monoisotopic (exact) mass is 297 g/mol. The highest BCUT2D eigenvalue weighted by molar-refractivity contribution is 6.10. The minimum atomic E-state index is -4.90. The number of rotatable bonds is 4. The van der Waals surface area contributed by atoms with Gasteiger partial charge < -0.3 is 9.47 Å². The Morgan fingerprint density at radius 1 is 1.14 bits per heavy atom. The van der Waals surface area contributed by atoms with Crippen LogP contribution >= 0.6 is 0 Å². The third-order valence-corrected chi connectivity index (χ3v) is 2.60. The number of halogens is 3. The number of alkyl halides is 3. The number of methoxy groups -OCH3 is 1. The van der Waals surface area contributed by atoms with E-state index in [1.807, 2.05) is 0 Å². The number of ether oxygens (including phenoxy) is 2. The van der Waals surface area contributed by atoms with Gasteiger partial charge in [0, 0.05) is 24.0 Å². The number of hydrogen-bond acceptors (Lipinski definition) is 4. The van der Waals surface area contributed by atoms with Crippen LogP contribution in [0.1, 0.15) is 15.9 Å². The Morgan fingerprint density at radius 3 is 2.38 bits per heavy atom. The molecule has 2 rings (SSSR count). The minimum Gasteiger partial charge on any atom is -0.497 e. The van der Waals surface area contributed by atoms with Gasteiger partial charge in [-0.15, -0.1) is 13.2 Å². The van der Waals surface area contributed by atoms with Gasteiger partial charge in [-0.25, -0.2) is 0 Å². The number of benzene rings is 1. The first-order valence-electron chi connectivity index (χ1n) is 5.79. The third-order valence-electron chi connectivity index (χ3n) is 2.60. The summed E-state index contributed by atoms with van der Waals surface area (Å²) in [5, 5.41) is 0. The molecule has 0 saturated heterocycles. The molecule has 1 heterocycles. The van der Waals surface area contributed by atoms with Crippen molar-refractivity contribution in [2.45, 2.75) is 6.36 Å². The quantitative estimate of drug-likeness (QED) is 0.813. The zero-order valence-corrected chi connectivity index (χ0v) is 10.8. The van der Waals surface area contributed by atoms with E-state index in [0.717, 1.165) is 6.07 Å². The lowest BCUT2D eigenvalue weighted by Crippen LogP contribution is -2.19. The maximum absolute atomic E-state index is 12.4. The first-order chi connectivity index (χ1) is 9.90. The lowest BCUT2D eigenvalue weighted by molar-refractivity contribution is -0.274. The Hall–Kier alpha value is -2.57. The molecule has 1 aromatic carbocycles. The molecular weight excluding hydrogens is 287 g/mol. The molecule has 0 aliphatic rings. The van der Waals surface area contributed by atoms with Gasteiger partial charge in [-0.1, -0.05) is 0 Å². The fourth-order valence-corrected chi connectivity index (χ4v) is 1.69. The Kier molecular flexibility index (Phi) is 4.11. The van der Waals surface area contributed by atoms with Crippen molar-refractivity contribution in [3.63, 3.8) is 0 Å². The summed E-state index contributed by atoms with van der Waals surface area (Å²) in [6.07, 6.45) is -2.15. The van der Waals surface area contributed by atoms with E-state index in [0.29, 0.717) is 0 Å². The lowest BCUT2D eigenvalue weighted by atomic mass is 10.0. The van der Waals surface area contributed by atoms with E-state index in [1.165, 1.54) is 43.8 Å². The largest absolute Gasteiger partial charge is 0.573 e. The van der Waals surface area contributed by atoms with Crippen molar-refractivity contribution in [3.8, 4) is 11.5 Å². The summed E-state index contributed by atoms with van der Waals surface area (Å²) in [6.45, 7) is 0. The first kappa shape index (κ1) is 14.8. The van der Waals surface area contributed by atoms with Crippen LogP contribution in [-0.4, -0.2) is 24.2 Å². The molecule has 0 radical (unpaired) electrons. The van der Waals surface area contributed by atoms with Crippen LogP contribution in [0.2, 0.25) is 0 Å². The van der Waals surface area contributed by atoms with Gasteiger partial charge in [-0.2, -0.15) is 0 Å². The van der Waals surface area contributed by atoms with E-state index in [4.69, 9.17) is 4.74 Å². The summed E-state index contributed by atoms with van der Waals surface area (Å²) in [5.41, 5.74) is 0.00140. The molecule has 0 spiro atoms. The zero-order chi connectivity index (χ0) is 15.5. The van der Waals surface area contributed by atoms with Crippen LogP contribution in [0.5, 0.6) is 11.5 Å². The average molecular weight is 297 g/mol. The van der Waals surface area contributed by atoms with Crippen LogP contribution in [0.3, 0.4) is 0 Å². The predicted molar refractivity (Wildman–Crippen MR) is 67.3 cm³/mol. The second-order valence-electron chi connectivity index (χ2n) is 3.97. The normalized spacial score (nSPS) is 11.0. The summed E-state index contributed by atoms with van der Waals surface area (Å²) in [6, 6.07) is 6.44. The van der Waals surface area contributed by atoms with Crippen molar-refractivity contribution in [2.75, 3.05) is 7.11 Å². The van der Waals surface area contributed by atoms with Crippen molar-refractivity contribution >= 4 is 5.78 Å². The fourth-order valence-electron chi connectivity index (χ4n) is 1.69. The number of pyridine rings is 1. The van der Waals surface area contributed by atoms with Gasteiger partial charge in [0.25, 0.3) is 0 Å². The summed E-state index contributed by atoms with van der Waals surface area (Å²) < 4.78 is 46.1. The maximum atomic E-state index is 12.4. The van der Waals surface area contributed by atoms with Gasteiger partial charge in [-0.05, 0) is 24.3 Å². The lowest BCUT2D eigenvalue weighted by Gasteiger charge is -2.13. The molecule has 0 amide bonds. The minimum absolute atomic E-state index is 0.153. The van der Waals surface area contributed by atoms with E-state index in [1.54, 1.807) is 0 Å². The fraction of sp³-hybridized carbons (Fsp3) is 0.143. The molecule has 7 heteroatoms. The molecule has 2 aromatic rings. The highest BCUT2D eigenvalue weighted by atomic mass is 19.4. The van der Waals surface area contributed by atoms with Gasteiger partial charge in [0.15, 0.2) is 5.78 Å². The SMILES string of the molecule is COc1ccc(C(=O)c2ccncc2)c(OC(F)(F)F)c1. The Bertz CT molecular complexity index is 642. The number of carbonyl (C=O) groups excluding carboxylic acids is 1. The first-order valence-corrected chi connectivity index (χ1v) is 5.79. The Morgan fingerprint density at radius 2 is 1.81 bits per heavy atom. The second-order valence-corrected chi connectivity index (χ2v) is 3.97. The van der Waals surface area contributed by atoms with Gasteiger partial charge in [0.1, 0.15) is 11.5 Å². The van der Waals surface area contributed by atoms with Crippen molar-refractivity contribution in [2.24, 2.45) is 0 Å². The molecule has 0 saturated carbocycles. The molecule has 0 aliphatic carbocycles. The maximum Gasteiger partial charge on any atom is 0.573 e. The highest BCUT2D eigenvalue weighted by Crippen LogP contribution is 2.31. The summed E-state index contributed by atoms with van der Waals surface area (Å²) in [7, 11) is 1.30. The number of ketones is 1. The molecule has 0 aliphatic heterocycles. The van der Waals surface area contributed by atoms with E-state index in [9.17, 15) is 18.0 Å². The van der Waals surface area contributed by atoms with Gasteiger partial charge in [0.05, 0.1) is 12.7 Å². The molecule has 0 N–H and O–H groups in total. The van der Waals surface area contributed by atoms with Crippen molar-refractivity contribution < 1.29 is 27.4 Å².